The minimum atomic E-state index is 0.0626. The van der Waals surface area contributed by atoms with E-state index in [0.29, 0.717) is 0 Å². The van der Waals surface area contributed by atoms with Crippen LogP contribution in [0.4, 0.5) is 0 Å². The van der Waals surface area contributed by atoms with Gasteiger partial charge in [0.05, 0.1) is 5.54 Å². The smallest absolute Gasteiger partial charge is 0.168 e. The highest BCUT2D eigenvalue weighted by Gasteiger charge is 2.36. The molecule has 0 saturated carbocycles. The van der Waals surface area contributed by atoms with Crippen molar-refractivity contribution in [2.75, 3.05) is 25.4 Å². The fourth-order valence-electron chi connectivity index (χ4n) is 2.17. The van der Waals surface area contributed by atoms with Crippen molar-refractivity contribution in [3.63, 3.8) is 0 Å². The van der Waals surface area contributed by atoms with Crippen molar-refractivity contribution in [3.8, 4) is 0 Å². The van der Waals surface area contributed by atoms with E-state index in [0.717, 1.165) is 42.1 Å². The monoisotopic (exact) mass is 282 g/mol. The van der Waals surface area contributed by atoms with E-state index in [-0.39, 0.29) is 5.54 Å². The molecule has 0 atom stereocenters. The molecule has 4 nitrogen and oxygen atoms in total. The lowest BCUT2D eigenvalue weighted by Crippen LogP contribution is -2.31. The molecule has 0 radical (unpaired) electrons. The standard InChI is InChI=1S/C12H18N4S2/c1-12(2)8-16-9(7-18-11(16)15-12)6-17-10-13-4-3-5-14-10/h7H,3-6,8H2,1-2H3,(H,13,14). The molecule has 0 aromatic carbocycles. The zero-order valence-electron chi connectivity index (χ0n) is 10.8. The average Bonchev–Trinajstić information content (AvgIpc) is 2.83. The van der Waals surface area contributed by atoms with Gasteiger partial charge < -0.3 is 10.2 Å². The second-order valence-corrected chi connectivity index (χ2v) is 7.08. The highest BCUT2D eigenvalue weighted by molar-refractivity contribution is 8.17. The maximum atomic E-state index is 4.73. The third-order valence-electron chi connectivity index (χ3n) is 3.04. The summed E-state index contributed by atoms with van der Waals surface area (Å²) in [5.74, 6) is 0.980. The van der Waals surface area contributed by atoms with Gasteiger partial charge in [-0.1, -0.05) is 23.5 Å². The molecule has 6 heteroatoms. The Bertz CT molecular complexity index is 439. The van der Waals surface area contributed by atoms with E-state index in [4.69, 9.17) is 4.99 Å². The van der Waals surface area contributed by atoms with Gasteiger partial charge in [-0.15, -0.1) is 0 Å². The van der Waals surface area contributed by atoms with E-state index >= 15 is 0 Å². The molecular formula is C12H18N4S2. The third-order valence-corrected chi connectivity index (χ3v) is 4.94. The Kier molecular flexibility index (Phi) is 3.32. The average molecular weight is 282 g/mol. The van der Waals surface area contributed by atoms with E-state index in [1.807, 2.05) is 0 Å². The first-order chi connectivity index (χ1) is 8.64. The maximum Gasteiger partial charge on any atom is 0.168 e. The molecule has 0 aromatic rings. The molecule has 0 fully saturated rings. The molecule has 3 aliphatic rings. The molecule has 0 aromatic heterocycles. The summed E-state index contributed by atoms with van der Waals surface area (Å²) in [6, 6.07) is 0. The van der Waals surface area contributed by atoms with Gasteiger partial charge in [-0.3, -0.25) is 9.98 Å². The molecule has 0 amide bonds. The van der Waals surface area contributed by atoms with Gasteiger partial charge in [0.25, 0.3) is 0 Å². The molecule has 0 bridgehead atoms. The van der Waals surface area contributed by atoms with E-state index in [2.05, 4.69) is 34.5 Å². The molecule has 98 valence electrons. The van der Waals surface area contributed by atoms with Crippen molar-refractivity contribution in [3.05, 3.63) is 11.1 Å². The quantitative estimate of drug-likeness (QED) is 0.842. The topological polar surface area (TPSA) is 40.0 Å². The number of aliphatic imine (C=N–C) groups is 2. The number of nitrogens with one attached hydrogen (secondary N) is 1. The number of hydrogen-bond donors (Lipinski definition) is 1. The van der Waals surface area contributed by atoms with E-state index < -0.39 is 0 Å². The summed E-state index contributed by atoms with van der Waals surface area (Å²) in [6.45, 7) is 7.41. The molecule has 1 N–H and O–H groups in total. The summed E-state index contributed by atoms with van der Waals surface area (Å²) >= 11 is 3.55. The normalized spacial score (nSPS) is 25.2. The van der Waals surface area contributed by atoms with Gasteiger partial charge in [0.1, 0.15) is 0 Å². The van der Waals surface area contributed by atoms with Gasteiger partial charge in [0.2, 0.25) is 0 Å². The predicted octanol–water partition coefficient (Wildman–Crippen LogP) is 2.11. The number of fused-ring (bicyclic) bond motifs is 1. The number of hydrogen-bond acceptors (Lipinski definition) is 6. The first-order valence-electron chi connectivity index (χ1n) is 6.28. The maximum absolute atomic E-state index is 4.73. The molecule has 3 aliphatic heterocycles. The van der Waals surface area contributed by atoms with Crippen LogP contribution in [-0.4, -0.2) is 46.2 Å². The highest BCUT2D eigenvalue weighted by Crippen LogP contribution is 2.36. The van der Waals surface area contributed by atoms with Crippen LogP contribution in [0.25, 0.3) is 0 Å². The van der Waals surface area contributed by atoms with Crippen LogP contribution in [0.15, 0.2) is 21.1 Å². The Balaban J connectivity index is 1.59. The number of thioether (sulfide) groups is 2. The van der Waals surface area contributed by atoms with Crippen molar-refractivity contribution in [1.29, 1.82) is 0 Å². The molecule has 0 aliphatic carbocycles. The second kappa shape index (κ2) is 4.81. The van der Waals surface area contributed by atoms with Gasteiger partial charge in [-0.05, 0) is 25.7 Å². The SMILES string of the molecule is CC1(C)CN2C(CSC3=NCCCN3)=CSC2=N1. The summed E-state index contributed by atoms with van der Waals surface area (Å²) in [7, 11) is 0. The molecule has 3 rings (SSSR count). The summed E-state index contributed by atoms with van der Waals surface area (Å²) in [4.78, 5) is 11.6. The van der Waals surface area contributed by atoms with E-state index in [1.165, 1.54) is 5.70 Å². The van der Waals surface area contributed by atoms with Crippen LogP contribution < -0.4 is 5.32 Å². The zero-order valence-corrected chi connectivity index (χ0v) is 12.4. The minimum Gasteiger partial charge on any atom is -0.365 e. The van der Waals surface area contributed by atoms with Crippen LogP contribution in [0.2, 0.25) is 0 Å². The first kappa shape index (κ1) is 12.4. The molecule has 0 unspecified atom stereocenters. The van der Waals surface area contributed by atoms with Gasteiger partial charge >= 0.3 is 0 Å². The van der Waals surface area contributed by atoms with Gasteiger partial charge in [0, 0.05) is 31.1 Å². The Labute approximate surface area is 116 Å². The summed E-state index contributed by atoms with van der Waals surface area (Å²) in [5.41, 5.74) is 1.43. The Morgan fingerprint density at radius 3 is 3.22 bits per heavy atom. The van der Waals surface area contributed by atoms with Crippen molar-refractivity contribution in [2.45, 2.75) is 25.8 Å². The van der Waals surface area contributed by atoms with Crippen molar-refractivity contribution in [2.24, 2.45) is 9.98 Å². The second-order valence-electron chi connectivity index (χ2n) is 5.28. The summed E-state index contributed by atoms with van der Waals surface area (Å²) in [5, 5.41) is 7.83. The van der Waals surface area contributed by atoms with Crippen LogP contribution in [0.3, 0.4) is 0 Å². The predicted molar refractivity (Wildman–Crippen MR) is 81.3 cm³/mol. The Morgan fingerprint density at radius 1 is 1.56 bits per heavy atom. The van der Waals surface area contributed by atoms with Crippen molar-refractivity contribution >= 4 is 33.9 Å². The lowest BCUT2D eigenvalue weighted by Gasteiger charge is -2.21. The molecular weight excluding hydrogens is 264 g/mol. The van der Waals surface area contributed by atoms with E-state index in [9.17, 15) is 0 Å². The fraction of sp³-hybridized carbons (Fsp3) is 0.667. The highest BCUT2D eigenvalue weighted by atomic mass is 32.2. The van der Waals surface area contributed by atoms with Crippen LogP contribution >= 0.6 is 23.5 Å². The summed E-state index contributed by atoms with van der Waals surface area (Å²) < 4.78 is 0. The van der Waals surface area contributed by atoms with Crippen LogP contribution in [0, 0.1) is 0 Å². The Hall–Kier alpha value is -0.620. The fourth-order valence-corrected chi connectivity index (χ4v) is 4.25. The van der Waals surface area contributed by atoms with Gasteiger partial charge in [0.15, 0.2) is 10.3 Å². The number of rotatable bonds is 2. The largest absolute Gasteiger partial charge is 0.365 e. The lowest BCUT2D eigenvalue weighted by molar-refractivity contribution is 0.436. The number of amidine groups is 2. The summed E-state index contributed by atoms with van der Waals surface area (Å²) in [6.07, 6.45) is 1.15. The van der Waals surface area contributed by atoms with E-state index in [1.54, 1.807) is 23.5 Å². The van der Waals surface area contributed by atoms with Gasteiger partial charge in [-0.25, -0.2) is 0 Å². The van der Waals surface area contributed by atoms with Crippen LogP contribution in [-0.2, 0) is 0 Å². The van der Waals surface area contributed by atoms with Crippen LogP contribution in [0.5, 0.6) is 0 Å². The Morgan fingerprint density at radius 2 is 2.44 bits per heavy atom. The van der Waals surface area contributed by atoms with Crippen LogP contribution in [0.1, 0.15) is 20.3 Å². The minimum absolute atomic E-state index is 0.0626. The molecule has 0 spiro atoms. The molecule has 18 heavy (non-hydrogen) atoms. The zero-order chi connectivity index (χ0) is 12.6. The van der Waals surface area contributed by atoms with Gasteiger partial charge in [-0.2, -0.15) is 0 Å². The third kappa shape index (κ3) is 2.54. The molecule has 3 heterocycles. The number of nitrogens with zero attached hydrogens (tertiary/aromatic N) is 3. The molecule has 0 saturated heterocycles. The van der Waals surface area contributed by atoms with Crippen molar-refractivity contribution < 1.29 is 0 Å². The lowest BCUT2D eigenvalue weighted by atomic mass is 10.1. The van der Waals surface area contributed by atoms with Crippen molar-refractivity contribution in [1.82, 2.24) is 10.2 Å². The first-order valence-corrected chi connectivity index (χ1v) is 8.15.